The van der Waals surface area contributed by atoms with E-state index in [1.165, 1.54) is 0 Å². The number of pyridine rings is 2. The Morgan fingerprint density at radius 1 is 1.29 bits per heavy atom. The van der Waals surface area contributed by atoms with Gasteiger partial charge < -0.3 is 24.6 Å². The monoisotopic (exact) mass is 462 g/mol. The molecule has 1 aromatic carbocycles. The highest BCUT2D eigenvalue weighted by atomic mass is 16.6. The van der Waals surface area contributed by atoms with Gasteiger partial charge in [-0.15, -0.1) is 0 Å². The van der Waals surface area contributed by atoms with Gasteiger partial charge in [0.05, 0.1) is 29.0 Å². The molecule has 34 heavy (non-hydrogen) atoms. The topological polar surface area (TPSA) is 114 Å². The summed E-state index contributed by atoms with van der Waals surface area (Å²) in [7, 11) is 5.47. The Morgan fingerprint density at radius 2 is 2.06 bits per heavy atom. The van der Waals surface area contributed by atoms with Crippen molar-refractivity contribution in [2.45, 2.75) is 38.6 Å². The van der Waals surface area contributed by atoms with Gasteiger partial charge in [-0.3, -0.25) is 9.59 Å². The molecule has 0 saturated carbocycles. The van der Waals surface area contributed by atoms with E-state index in [0.717, 1.165) is 16.5 Å². The highest BCUT2D eigenvalue weighted by Gasteiger charge is 2.45. The summed E-state index contributed by atoms with van der Waals surface area (Å²) in [5.74, 6) is -0.915. The van der Waals surface area contributed by atoms with Crippen LogP contribution >= 0.6 is 0 Å². The molecule has 4 heterocycles. The molecule has 1 amide bonds. The Balaban J connectivity index is 1.74. The van der Waals surface area contributed by atoms with Crippen molar-refractivity contribution in [2.24, 2.45) is 0 Å². The first kappa shape index (κ1) is 22.2. The molecule has 9 nitrogen and oxygen atoms in total. The molecule has 9 heteroatoms. The van der Waals surface area contributed by atoms with E-state index >= 15 is 0 Å². The molecule has 0 fully saturated rings. The summed E-state index contributed by atoms with van der Waals surface area (Å²) in [6.45, 7) is 2.37. The third-order valence-electron chi connectivity index (χ3n) is 6.75. The smallest absolute Gasteiger partial charge is 0.343 e. The summed E-state index contributed by atoms with van der Waals surface area (Å²) >= 11 is 0. The van der Waals surface area contributed by atoms with Crippen molar-refractivity contribution in [1.82, 2.24) is 19.8 Å². The second kappa shape index (κ2) is 7.75. The van der Waals surface area contributed by atoms with E-state index in [1.54, 1.807) is 36.7 Å². The highest BCUT2D eigenvalue weighted by Crippen LogP contribution is 2.39. The third-order valence-corrected chi connectivity index (χ3v) is 6.75. The van der Waals surface area contributed by atoms with Crippen molar-refractivity contribution in [2.75, 3.05) is 21.1 Å². The number of ether oxygens (including phenoxy) is 1. The molecule has 3 aromatic rings. The molecule has 2 aliphatic heterocycles. The lowest BCUT2D eigenvalue weighted by molar-refractivity contribution is -0.172. The van der Waals surface area contributed by atoms with E-state index in [2.05, 4.69) is 5.32 Å². The molecule has 5 rings (SSSR count). The number of aromatic nitrogens is 2. The van der Waals surface area contributed by atoms with Crippen LogP contribution in [0, 0.1) is 0 Å². The van der Waals surface area contributed by atoms with E-state index in [-0.39, 0.29) is 24.5 Å². The van der Waals surface area contributed by atoms with Crippen LogP contribution in [-0.4, -0.2) is 52.6 Å². The van der Waals surface area contributed by atoms with E-state index in [4.69, 9.17) is 9.72 Å². The van der Waals surface area contributed by atoms with Crippen LogP contribution in [0.1, 0.15) is 46.0 Å². The number of cyclic esters (lactones) is 1. The first-order valence-electron chi connectivity index (χ1n) is 11.2. The van der Waals surface area contributed by atoms with Crippen LogP contribution < -0.4 is 10.9 Å². The van der Waals surface area contributed by atoms with Crippen molar-refractivity contribution < 1.29 is 19.4 Å². The zero-order chi connectivity index (χ0) is 24.4. The van der Waals surface area contributed by atoms with E-state index in [1.807, 2.05) is 25.1 Å². The summed E-state index contributed by atoms with van der Waals surface area (Å²) in [5, 5.41) is 14.6. The Morgan fingerprint density at radius 3 is 2.74 bits per heavy atom. The molecule has 0 aliphatic carbocycles. The molecule has 0 spiro atoms. The average molecular weight is 463 g/mol. The predicted octanol–water partition coefficient (Wildman–Crippen LogP) is 1.50. The Hall–Kier alpha value is -3.56. The zero-order valence-electron chi connectivity index (χ0n) is 19.6. The number of nitrogens with zero attached hydrogens (tertiary/aromatic N) is 3. The quantitative estimate of drug-likeness (QED) is 0.442. The largest absolute Gasteiger partial charge is 0.458 e. The first-order chi connectivity index (χ1) is 16.2. The fourth-order valence-corrected chi connectivity index (χ4v) is 4.95. The van der Waals surface area contributed by atoms with Gasteiger partial charge in [0.25, 0.3) is 11.5 Å². The van der Waals surface area contributed by atoms with E-state index in [0.29, 0.717) is 46.7 Å². The normalized spacial score (nSPS) is 18.5. The van der Waals surface area contributed by atoms with Gasteiger partial charge >= 0.3 is 5.97 Å². The van der Waals surface area contributed by atoms with Crippen LogP contribution in [0.4, 0.5) is 0 Å². The molecule has 2 aliphatic rings. The molecule has 176 valence electrons. The average Bonchev–Trinajstić information content (AvgIpc) is 3.18. The summed E-state index contributed by atoms with van der Waals surface area (Å²) in [5.41, 5.74) is 2.61. The van der Waals surface area contributed by atoms with E-state index < -0.39 is 11.6 Å². The number of hydrogen-bond donors (Lipinski definition) is 2. The standard InChI is InChI=1S/C25H26N4O5/c1-5-25(33)18-9-20-21-13(10-29(20)23(31)17(18)12-34-24(25)32)8-15-16(11-28(3)4)14(22(30)26-2)6-7-19(15)27-21/h6-9,33H,5,10-12H2,1-4H3,(H,26,30)/t25-/m0/s1. The maximum absolute atomic E-state index is 13.3. The van der Waals surface area contributed by atoms with Gasteiger partial charge in [-0.2, -0.15) is 0 Å². The lowest BCUT2D eigenvalue weighted by Crippen LogP contribution is -2.44. The molecule has 2 aromatic heterocycles. The molecular weight excluding hydrogens is 436 g/mol. The number of carbonyl (C=O) groups excluding carboxylic acids is 2. The van der Waals surface area contributed by atoms with Gasteiger partial charge in [-0.25, -0.2) is 9.78 Å². The lowest BCUT2D eigenvalue weighted by atomic mass is 9.86. The first-order valence-corrected chi connectivity index (χ1v) is 11.2. The second-order valence-electron chi connectivity index (χ2n) is 9.07. The van der Waals surface area contributed by atoms with Gasteiger partial charge in [-0.1, -0.05) is 6.92 Å². The Kier molecular flexibility index (Phi) is 5.07. The number of esters is 1. The molecular formula is C25H26N4O5. The number of rotatable bonds is 4. The van der Waals surface area contributed by atoms with Crippen molar-refractivity contribution in [3.63, 3.8) is 0 Å². The lowest BCUT2D eigenvalue weighted by Gasteiger charge is -2.31. The third kappa shape index (κ3) is 3.08. The molecule has 0 radical (unpaired) electrons. The van der Waals surface area contributed by atoms with Gasteiger partial charge in [-0.05, 0) is 50.3 Å². The zero-order valence-corrected chi connectivity index (χ0v) is 19.6. The van der Waals surface area contributed by atoms with Crippen molar-refractivity contribution in [1.29, 1.82) is 0 Å². The number of aliphatic hydroxyl groups is 1. The summed E-state index contributed by atoms with van der Waals surface area (Å²) in [6.07, 6.45) is 0.0932. The summed E-state index contributed by atoms with van der Waals surface area (Å²) in [6, 6.07) is 7.26. The fourth-order valence-electron chi connectivity index (χ4n) is 4.95. The number of carbonyl (C=O) groups is 2. The number of hydrogen-bond acceptors (Lipinski definition) is 7. The van der Waals surface area contributed by atoms with Gasteiger partial charge in [0.1, 0.15) is 6.61 Å². The van der Waals surface area contributed by atoms with Crippen LogP contribution in [0.3, 0.4) is 0 Å². The molecule has 0 bridgehead atoms. The Labute approximate surface area is 196 Å². The van der Waals surface area contributed by atoms with E-state index in [9.17, 15) is 19.5 Å². The van der Waals surface area contributed by atoms with Crippen LogP contribution in [0.2, 0.25) is 0 Å². The highest BCUT2D eigenvalue weighted by molar-refractivity contribution is 6.01. The van der Waals surface area contributed by atoms with Gasteiger partial charge in [0, 0.05) is 35.7 Å². The molecule has 1 atom stereocenters. The number of nitrogens with one attached hydrogen (secondary N) is 1. The minimum Gasteiger partial charge on any atom is -0.458 e. The minimum atomic E-state index is -1.86. The van der Waals surface area contributed by atoms with Gasteiger partial charge in [0.15, 0.2) is 5.60 Å². The van der Waals surface area contributed by atoms with Crippen molar-refractivity contribution in [3.8, 4) is 11.4 Å². The van der Waals surface area contributed by atoms with Crippen LogP contribution in [-0.2, 0) is 34.8 Å². The maximum Gasteiger partial charge on any atom is 0.343 e. The van der Waals surface area contributed by atoms with Crippen LogP contribution in [0.15, 0.2) is 29.1 Å². The molecule has 0 unspecified atom stereocenters. The number of amides is 1. The second-order valence-corrected chi connectivity index (χ2v) is 9.07. The minimum absolute atomic E-state index is 0.0932. The SMILES string of the molecule is CC[C@@]1(O)C(=O)OCc2c1cc1n(c2=O)Cc2cc3c(CN(C)C)c(C(=O)NC)ccc3nc2-1. The summed E-state index contributed by atoms with van der Waals surface area (Å²) in [4.78, 5) is 45.1. The van der Waals surface area contributed by atoms with Crippen LogP contribution in [0.5, 0.6) is 0 Å². The predicted molar refractivity (Wildman–Crippen MR) is 125 cm³/mol. The van der Waals surface area contributed by atoms with Crippen molar-refractivity contribution >= 4 is 22.8 Å². The molecule has 0 saturated heterocycles. The Bertz CT molecular complexity index is 1440. The fraction of sp³-hybridized carbons (Fsp3) is 0.360. The van der Waals surface area contributed by atoms with Crippen molar-refractivity contribution in [3.05, 3.63) is 62.4 Å². The number of benzene rings is 1. The molecule has 2 N–H and O–H groups in total. The summed E-state index contributed by atoms with van der Waals surface area (Å²) < 4.78 is 6.74. The van der Waals surface area contributed by atoms with Gasteiger partial charge in [0.2, 0.25) is 0 Å². The number of fused-ring (bicyclic) bond motifs is 5. The van der Waals surface area contributed by atoms with Crippen LogP contribution in [0.25, 0.3) is 22.3 Å². The maximum atomic E-state index is 13.3.